The molecule has 26 heavy (non-hydrogen) atoms. The summed E-state index contributed by atoms with van der Waals surface area (Å²) in [7, 11) is 0. The van der Waals surface area contributed by atoms with Crippen LogP contribution < -0.4 is 15.8 Å². The van der Waals surface area contributed by atoms with E-state index in [0.717, 1.165) is 16.8 Å². The Kier molecular flexibility index (Phi) is 5.43. The summed E-state index contributed by atoms with van der Waals surface area (Å²) in [5.74, 6) is 0.460. The molecule has 2 aromatic carbocycles. The average molecular weight is 347 g/mol. The fourth-order valence-electron chi connectivity index (χ4n) is 2.25. The maximum Gasteiger partial charge on any atom is 0.323 e. The second kappa shape index (κ2) is 8.11. The molecular weight excluding hydrogens is 326 g/mol. The van der Waals surface area contributed by atoms with Crippen LogP contribution in [0.15, 0.2) is 54.6 Å². The first-order chi connectivity index (χ1) is 12.6. The lowest BCUT2D eigenvalue weighted by Gasteiger charge is -2.10. The highest BCUT2D eigenvalue weighted by Gasteiger charge is 2.07. The van der Waals surface area contributed by atoms with Crippen LogP contribution in [0, 0.1) is 0 Å². The van der Waals surface area contributed by atoms with Gasteiger partial charge in [0.05, 0.1) is 6.10 Å². The first kappa shape index (κ1) is 17.4. The van der Waals surface area contributed by atoms with Gasteiger partial charge in [-0.05, 0) is 37.1 Å². The number of anilines is 3. The molecule has 0 aliphatic rings. The minimum Gasteiger partial charge on any atom is -0.461 e. The molecule has 0 radical (unpaired) electrons. The van der Waals surface area contributed by atoms with Gasteiger partial charge in [-0.3, -0.25) is 0 Å². The fourth-order valence-corrected chi connectivity index (χ4v) is 2.25. The van der Waals surface area contributed by atoms with Crippen molar-refractivity contribution in [3.8, 4) is 6.01 Å². The van der Waals surface area contributed by atoms with Crippen LogP contribution in [0.5, 0.6) is 6.01 Å². The second-order valence-corrected chi connectivity index (χ2v) is 5.96. The molecule has 0 bridgehead atoms. The van der Waals surface area contributed by atoms with Crippen molar-refractivity contribution in [2.24, 2.45) is 0 Å². The second-order valence-electron chi connectivity index (χ2n) is 5.96. The summed E-state index contributed by atoms with van der Waals surface area (Å²) in [5, 5.41) is 3.11. The van der Waals surface area contributed by atoms with E-state index in [2.05, 4.69) is 44.6 Å². The molecule has 132 valence electrons. The van der Waals surface area contributed by atoms with Crippen molar-refractivity contribution in [3.63, 3.8) is 0 Å². The molecule has 1 aromatic heterocycles. The molecule has 0 aliphatic heterocycles. The molecule has 3 N–H and O–H groups in total. The molecule has 0 fully saturated rings. The van der Waals surface area contributed by atoms with E-state index in [9.17, 15) is 0 Å². The quantitative estimate of drug-likeness (QED) is 0.651. The summed E-state index contributed by atoms with van der Waals surface area (Å²) in [5.41, 5.74) is 8.82. The first-order valence-electron chi connectivity index (χ1n) is 8.37. The van der Waals surface area contributed by atoms with E-state index in [1.54, 1.807) is 0 Å². The van der Waals surface area contributed by atoms with E-state index >= 15 is 0 Å². The summed E-state index contributed by atoms with van der Waals surface area (Å²) in [6.45, 7) is 3.80. The first-order valence-corrected chi connectivity index (χ1v) is 8.37. The maximum atomic E-state index is 5.72. The number of nitrogens with zero attached hydrogens (tertiary/aromatic N) is 3. The van der Waals surface area contributed by atoms with Gasteiger partial charge >= 0.3 is 6.01 Å². The van der Waals surface area contributed by atoms with Gasteiger partial charge in [-0.1, -0.05) is 54.6 Å². The maximum absolute atomic E-state index is 5.72. The molecular formula is C20H21N5O. The molecule has 6 heteroatoms. The van der Waals surface area contributed by atoms with Gasteiger partial charge in [0.2, 0.25) is 11.9 Å². The Hall–Kier alpha value is -3.41. The molecule has 3 aromatic rings. The van der Waals surface area contributed by atoms with Crippen LogP contribution in [0.25, 0.3) is 12.2 Å². The summed E-state index contributed by atoms with van der Waals surface area (Å²) in [4.78, 5) is 12.3. The lowest BCUT2D eigenvalue weighted by Crippen LogP contribution is -2.11. The number of nitrogen functional groups attached to an aromatic ring is 1. The zero-order chi connectivity index (χ0) is 18.4. The van der Waals surface area contributed by atoms with E-state index in [0.29, 0.717) is 5.95 Å². The van der Waals surface area contributed by atoms with Crippen LogP contribution in [-0.2, 0) is 0 Å². The average Bonchev–Trinajstić information content (AvgIpc) is 2.61. The van der Waals surface area contributed by atoms with Crippen LogP contribution in [-0.4, -0.2) is 21.1 Å². The number of benzene rings is 2. The molecule has 0 saturated heterocycles. The van der Waals surface area contributed by atoms with Crippen molar-refractivity contribution in [1.82, 2.24) is 15.0 Å². The predicted octanol–water partition coefficient (Wildman–Crippen LogP) is 4.16. The van der Waals surface area contributed by atoms with E-state index in [-0.39, 0.29) is 18.1 Å². The van der Waals surface area contributed by atoms with Gasteiger partial charge in [0.1, 0.15) is 0 Å². The molecule has 0 spiro atoms. The zero-order valence-corrected chi connectivity index (χ0v) is 14.8. The molecule has 0 aliphatic carbocycles. The van der Waals surface area contributed by atoms with E-state index in [1.807, 2.05) is 56.3 Å². The topological polar surface area (TPSA) is 86.0 Å². The van der Waals surface area contributed by atoms with Crippen molar-refractivity contribution >= 4 is 29.7 Å². The molecule has 1 heterocycles. The van der Waals surface area contributed by atoms with Crippen molar-refractivity contribution in [1.29, 1.82) is 0 Å². The molecule has 0 atom stereocenters. The Bertz CT molecular complexity index is 876. The van der Waals surface area contributed by atoms with Crippen molar-refractivity contribution in [2.45, 2.75) is 20.0 Å². The van der Waals surface area contributed by atoms with Gasteiger partial charge in [0.15, 0.2) is 0 Å². The summed E-state index contributed by atoms with van der Waals surface area (Å²) in [6, 6.07) is 18.3. The lowest BCUT2D eigenvalue weighted by atomic mass is 10.1. The highest BCUT2D eigenvalue weighted by molar-refractivity contribution is 5.70. The highest BCUT2D eigenvalue weighted by Crippen LogP contribution is 2.18. The van der Waals surface area contributed by atoms with Crippen LogP contribution in [0.3, 0.4) is 0 Å². The predicted molar refractivity (Wildman–Crippen MR) is 105 cm³/mol. The number of ether oxygens (including phenoxy) is 1. The Morgan fingerprint density at radius 2 is 1.54 bits per heavy atom. The SMILES string of the molecule is CC(C)Oc1nc(N)nc(Nc2ccc(/C=C/c3ccccc3)cc2)n1. The fraction of sp³-hybridized carbons (Fsp3) is 0.150. The Morgan fingerprint density at radius 3 is 2.19 bits per heavy atom. The van der Waals surface area contributed by atoms with Gasteiger partial charge in [-0.15, -0.1) is 0 Å². The van der Waals surface area contributed by atoms with E-state index in [4.69, 9.17) is 10.5 Å². The van der Waals surface area contributed by atoms with Gasteiger partial charge in [0.25, 0.3) is 0 Å². The van der Waals surface area contributed by atoms with Crippen molar-refractivity contribution in [3.05, 3.63) is 65.7 Å². The van der Waals surface area contributed by atoms with Crippen molar-refractivity contribution < 1.29 is 4.74 Å². The van der Waals surface area contributed by atoms with E-state index in [1.165, 1.54) is 0 Å². The molecule has 3 rings (SSSR count). The third-order valence-electron chi connectivity index (χ3n) is 3.41. The number of rotatable bonds is 6. The molecule has 0 unspecified atom stereocenters. The monoisotopic (exact) mass is 347 g/mol. The largest absolute Gasteiger partial charge is 0.461 e. The number of aromatic nitrogens is 3. The smallest absolute Gasteiger partial charge is 0.323 e. The lowest BCUT2D eigenvalue weighted by molar-refractivity contribution is 0.222. The number of hydrogen-bond acceptors (Lipinski definition) is 6. The van der Waals surface area contributed by atoms with Crippen molar-refractivity contribution in [2.75, 3.05) is 11.1 Å². The van der Waals surface area contributed by atoms with E-state index < -0.39 is 0 Å². The number of nitrogens with one attached hydrogen (secondary N) is 1. The summed E-state index contributed by atoms with van der Waals surface area (Å²) in [6.07, 6.45) is 4.10. The Labute approximate surface area is 152 Å². The zero-order valence-electron chi connectivity index (χ0n) is 14.8. The molecule has 0 amide bonds. The Morgan fingerprint density at radius 1 is 0.885 bits per heavy atom. The normalized spacial score (nSPS) is 11.0. The van der Waals surface area contributed by atoms with Crippen LogP contribution >= 0.6 is 0 Å². The molecule has 0 saturated carbocycles. The minimum atomic E-state index is -0.0414. The van der Waals surface area contributed by atoms with Crippen LogP contribution in [0.4, 0.5) is 17.6 Å². The Balaban J connectivity index is 1.69. The van der Waals surface area contributed by atoms with Gasteiger partial charge in [-0.25, -0.2) is 0 Å². The number of hydrogen-bond donors (Lipinski definition) is 2. The van der Waals surface area contributed by atoms with Gasteiger partial charge in [-0.2, -0.15) is 15.0 Å². The van der Waals surface area contributed by atoms with Crippen LogP contribution in [0.1, 0.15) is 25.0 Å². The third-order valence-corrected chi connectivity index (χ3v) is 3.41. The summed E-state index contributed by atoms with van der Waals surface area (Å²) < 4.78 is 5.48. The molecule has 6 nitrogen and oxygen atoms in total. The van der Waals surface area contributed by atoms with Gasteiger partial charge < -0.3 is 15.8 Å². The van der Waals surface area contributed by atoms with Crippen LogP contribution in [0.2, 0.25) is 0 Å². The highest BCUT2D eigenvalue weighted by atomic mass is 16.5. The standard InChI is InChI=1S/C20H21N5O/c1-14(2)26-20-24-18(21)23-19(25-20)22-17-12-10-16(11-13-17)9-8-15-6-4-3-5-7-15/h3-14H,1-2H3,(H3,21,22,23,24,25)/b9-8+. The minimum absolute atomic E-state index is 0.0414. The summed E-state index contributed by atoms with van der Waals surface area (Å²) >= 11 is 0. The number of nitrogens with two attached hydrogens (primary N) is 1. The third kappa shape index (κ3) is 5.04. The van der Waals surface area contributed by atoms with Gasteiger partial charge in [0, 0.05) is 5.69 Å².